The average molecular weight is 288 g/mol. The van der Waals surface area contributed by atoms with Gasteiger partial charge in [-0.05, 0) is 18.6 Å². The van der Waals surface area contributed by atoms with Gasteiger partial charge in [0.2, 0.25) is 10.0 Å². The summed E-state index contributed by atoms with van der Waals surface area (Å²) in [4.78, 5) is 10.6. The van der Waals surface area contributed by atoms with Crippen LogP contribution in [0.4, 0.5) is 0 Å². The SMILES string of the molecule is CCC(CC#N)NS(=O)(=O)c1ccc(C(=O)O)s1. The topological polar surface area (TPSA) is 107 Å². The van der Waals surface area contributed by atoms with Crippen LogP contribution < -0.4 is 4.72 Å². The molecular formula is C10H12N2O4S2. The highest BCUT2D eigenvalue weighted by Gasteiger charge is 2.22. The summed E-state index contributed by atoms with van der Waals surface area (Å²) < 4.78 is 26.1. The fourth-order valence-corrected chi connectivity index (χ4v) is 3.72. The molecule has 98 valence electrons. The van der Waals surface area contributed by atoms with Crippen molar-refractivity contribution in [2.75, 3.05) is 0 Å². The molecule has 2 N–H and O–H groups in total. The normalized spacial score (nSPS) is 12.9. The molecule has 1 rings (SSSR count). The van der Waals surface area contributed by atoms with Crippen LogP contribution >= 0.6 is 11.3 Å². The molecule has 0 bridgehead atoms. The van der Waals surface area contributed by atoms with Crippen LogP contribution in [-0.4, -0.2) is 25.5 Å². The Hall–Kier alpha value is -1.43. The summed E-state index contributed by atoms with van der Waals surface area (Å²) >= 11 is 0.686. The van der Waals surface area contributed by atoms with Crippen molar-refractivity contribution in [3.05, 3.63) is 17.0 Å². The number of rotatable bonds is 6. The summed E-state index contributed by atoms with van der Waals surface area (Å²) in [6, 6.07) is 3.92. The van der Waals surface area contributed by atoms with Crippen molar-refractivity contribution < 1.29 is 18.3 Å². The van der Waals surface area contributed by atoms with Gasteiger partial charge in [-0.15, -0.1) is 11.3 Å². The Morgan fingerprint density at radius 3 is 2.72 bits per heavy atom. The molecule has 0 amide bonds. The average Bonchev–Trinajstić information content (AvgIpc) is 2.78. The number of aromatic carboxylic acids is 1. The number of hydrogen-bond acceptors (Lipinski definition) is 5. The highest BCUT2D eigenvalue weighted by molar-refractivity contribution is 7.91. The lowest BCUT2D eigenvalue weighted by Crippen LogP contribution is -2.33. The second-order valence-electron chi connectivity index (χ2n) is 3.51. The maximum Gasteiger partial charge on any atom is 0.345 e. The minimum Gasteiger partial charge on any atom is -0.477 e. The third-order valence-electron chi connectivity index (χ3n) is 2.21. The number of hydrogen-bond donors (Lipinski definition) is 2. The molecule has 0 aliphatic rings. The third-order valence-corrected chi connectivity index (χ3v) is 5.29. The van der Waals surface area contributed by atoms with Crippen LogP contribution in [0.3, 0.4) is 0 Å². The van der Waals surface area contributed by atoms with Gasteiger partial charge in [-0.2, -0.15) is 5.26 Å². The molecule has 6 nitrogen and oxygen atoms in total. The smallest absolute Gasteiger partial charge is 0.345 e. The zero-order chi connectivity index (χ0) is 13.8. The van der Waals surface area contributed by atoms with E-state index in [2.05, 4.69) is 4.72 Å². The monoisotopic (exact) mass is 288 g/mol. The van der Waals surface area contributed by atoms with E-state index in [-0.39, 0.29) is 15.5 Å². The van der Waals surface area contributed by atoms with Crippen molar-refractivity contribution in [1.29, 1.82) is 5.26 Å². The first kappa shape index (κ1) is 14.6. The van der Waals surface area contributed by atoms with Gasteiger partial charge in [-0.1, -0.05) is 6.92 Å². The fraction of sp³-hybridized carbons (Fsp3) is 0.400. The summed E-state index contributed by atoms with van der Waals surface area (Å²) in [5.74, 6) is -1.16. The number of nitrogens with one attached hydrogen (secondary N) is 1. The molecule has 1 atom stereocenters. The Morgan fingerprint density at radius 2 is 2.28 bits per heavy atom. The molecule has 0 aliphatic heterocycles. The van der Waals surface area contributed by atoms with E-state index in [0.717, 1.165) is 0 Å². The third kappa shape index (κ3) is 3.53. The van der Waals surface area contributed by atoms with Crippen molar-refractivity contribution in [2.24, 2.45) is 0 Å². The highest BCUT2D eigenvalue weighted by atomic mass is 32.2. The summed E-state index contributed by atoms with van der Waals surface area (Å²) in [5.41, 5.74) is 0. The quantitative estimate of drug-likeness (QED) is 0.823. The summed E-state index contributed by atoms with van der Waals surface area (Å²) in [5, 5.41) is 17.3. The maximum absolute atomic E-state index is 11.9. The lowest BCUT2D eigenvalue weighted by Gasteiger charge is -2.12. The van der Waals surface area contributed by atoms with E-state index in [9.17, 15) is 13.2 Å². The number of sulfonamides is 1. The Labute approximate surface area is 109 Å². The summed E-state index contributed by atoms with van der Waals surface area (Å²) in [6.45, 7) is 1.77. The largest absolute Gasteiger partial charge is 0.477 e. The van der Waals surface area contributed by atoms with Gasteiger partial charge in [-0.3, -0.25) is 0 Å². The molecule has 1 unspecified atom stereocenters. The maximum atomic E-state index is 11.9. The van der Waals surface area contributed by atoms with Gasteiger partial charge < -0.3 is 5.11 Å². The van der Waals surface area contributed by atoms with Gasteiger partial charge in [0.15, 0.2) is 0 Å². The molecule has 8 heteroatoms. The van der Waals surface area contributed by atoms with Gasteiger partial charge in [0.1, 0.15) is 9.09 Å². The van der Waals surface area contributed by atoms with E-state index >= 15 is 0 Å². The van der Waals surface area contributed by atoms with Crippen molar-refractivity contribution in [3.63, 3.8) is 0 Å². The standard InChI is InChI=1S/C10H12N2O4S2/c1-2-7(5-6-11)12-18(15,16)9-4-3-8(17-9)10(13)14/h3-4,7,12H,2,5H2,1H3,(H,13,14). The Kier molecular flexibility index (Phi) is 4.84. The number of nitrogens with zero attached hydrogens (tertiary/aromatic N) is 1. The van der Waals surface area contributed by atoms with E-state index in [0.29, 0.717) is 17.8 Å². The van der Waals surface area contributed by atoms with Crippen LogP contribution in [-0.2, 0) is 10.0 Å². The van der Waals surface area contributed by atoms with Crippen LogP contribution in [0.1, 0.15) is 29.4 Å². The van der Waals surface area contributed by atoms with E-state index in [4.69, 9.17) is 10.4 Å². The molecule has 0 saturated carbocycles. The zero-order valence-corrected chi connectivity index (χ0v) is 11.2. The van der Waals surface area contributed by atoms with Gasteiger partial charge in [0.05, 0.1) is 12.5 Å². The predicted octanol–water partition coefficient (Wildman–Crippen LogP) is 1.42. The number of carboxylic acid groups (broad SMARTS) is 1. The number of carbonyl (C=O) groups is 1. The number of carboxylic acids is 1. The van der Waals surface area contributed by atoms with Crippen molar-refractivity contribution in [1.82, 2.24) is 4.72 Å². The van der Waals surface area contributed by atoms with Crippen molar-refractivity contribution >= 4 is 27.3 Å². The molecule has 0 aliphatic carbocycles. The van der Waals surface area contributed by atoms with Crippen LogP contribution in [0.5, 0.6) is 0 Å². The number of thiophene rings is 1. The predicted molar refractivity (Wildman–Crippen MR) is 65.9 cm³/mol. The van der Waals surface area contributed by atoms with Crippen LogP contribution in [0, 0.1) is 11.3 Å². The van der Waals surface area contributed by atoms with E-state index in [1.807, 2.05) is 6.07 Å². The fourth-order valence-electron chi connectivity index (χ4n) is 1.24. The molecule has 0 fully saturated rings. The van der Waals surface area contributed by atoms with E-state index in [1.54, 1.807) is 6.92 Å². The molecule has 1 heterocycles. The zero-order valence-electron chi connectivity index (χ0n) is 9.58. The molecule has 0 spiro atoms. The molecule has 1 aromatic heterocycles. The Bertz CT molecular complexity index is 571. The van der Waals surface area contributed by atoms with Gasteiger partial charge in [-0.25, -0.2) is 17.9 Å². The van der Waals surface area contributed by atoms with Gasteiger partial charge in [0, 0.05) is 6.04 Å². The lowest BCUT2D eigenvalue weighted by atomic mass is 10.2. The van der Waals surface area contributed by atoms with Gasteiger partial charge >= 0.3 is 5.97 Å². The lowest BCUT2D eigenvalue weighted by molar-refractivity contribution is 0.0702. The molecular weight excluding hydrogens is 276 g/mol. The molecule has 18 heavy (non-hydrogen) atoms. The molecule has 1 aromatic rings. The minimum absolute atomic E-state index is 0.0382. The van der Waals surface area contributed by atoms with E-state index < -0.39 is 22.0 Å². The Balaban J connectivity index is 2.92. The molecule has 0 saturated heterocycles. The molecule has 0 aromatic carbocycles. The minimum atomic E-state index is -3.75. The second kappa shape index (κ2) is 5.95. The van der Waals surface area contributed by atoms with Crippen LogP contribution in [0.15, 0.2) is 16.3 Å². The first-order valence-corrected chi connectivity index (χ1v) is 7.43. The van der Waals surface area contributed by atoms with Crippen LogP contribution in [0.2, 0.25) is 0 Å². The number of nitriles is 1. The molecule has 0 radical (unpaired) electrons. The first-order chi connectivity index (χ1) is 8.40. The van der Waals surface area contributed by atoms with E-state index in [1.165, 1.54) is 12.1 Å². The highest BCUT2D eigenvalue weighted by Crippen LogP contribution is 2.22. The van der Waals surface area contributed by atoms with Crippen molar-refractivity contribution in [2.45, 2.75) is 30.0 Å². The summed E-state index contributed by atoms with van der Waals surface area (Å²) in [7, 11) is -3.75. The summed E-state index contributed by atoms with van der Waals surface area (Å²) in [6.07, 6.45) is 0.566. The first-order valence-electron chi connectivity index (χ1n) is 5.13. The second-order valence-corrected chi connectivity index (χ2v) is 6.54. The van der Waals surface area contributed by atoms with Crippen LogP contribution in [0.25, 0.3) is 0 Å². The Morgan fingerprint density at radius 1 is 1.61 bits per heavy atom. The van der Waals surface area contributed by atoms with Crippen molar-refractivity contribution in [3.8, 4) is 6.07 Å². The van der Waals surface area contributed by atoms with Gasteiger partial charge in [0.25, 0.3) is 0 Å².